The summed E-state index contributed by atoms with van der Waals surface area (Å²) >= 11 is 3.53. The lowest BCUT2D eigenvalue weighted by atomic mass is 10.0. The average Bonchev–Trinajstić information content (AvgIpc) is 2.79. The predicted octanol–water partition coefficient (Wildman–Crippen LogP) is 6.32. The zero-order chi connectivity index (χ0) is 25.5. The number of benzene rings is 2. The molecule has 0 spiro atoms. The van der Waals surface area contributed by atoms with Crippen molar-refractivity contribution < 1.29 is 41.9 Å². The number of carbonyl (C=O) groups is 1. The van der Waals surface area contributed by atoms with Crippen LogP contribution in [0.15, 0.2) is 72.0 Å². The summed E-state index contributed by atoms with van der Waals surface area (Å²) in [5.74, 6) is -3.36. The van der Waals surface area contributed by atoms with Gasteiger partial charge in [-0.3, -0.25) is 10.1 Å². The van der Waals surface area contributed by atoms with Crippen LogP contribution in [0.25, 0.3) is 0 Å². The van der Waals surface area contributed by atoms with E-state index in [-0.39, 0.29) is 29.6 Å². The lowest BCUT2D eigenvalue weighted by Crippen LogP contribution is -2.05. The van der Waals surface area contributed by atoms with Crippen LogP contribution in [0, 0.1) is 15.9 Å². The molecule has 0 bridgehead atoms. The third-order valence-corrected chi connectivity index (χ3v) is 4.23. The van der Waals surface area contributed by atoms with Crippen molar-refractivity contribution in [2.24, 2.45) is 0 Å². The highest BCUT2D eigenvalue weighted by molar-refractivity contribution is 7.79. The van der Waals surface area contributed by atoms with Crippen LogP contribution in [0.3, 0.4) is 0 Å². The summed E-state index contributed by atoms with van der Waals surface area (Å²) < 4.78 is 62.6. The molecule has 34 heavy (non-hydrogen) atoms. The van der Waals surface area contributed by atoms with Crippen molar-refractivity contribution in [2.45, 2.75) is 12.6 Å². The molecule has 0 fully saturated rings. The number of nitrogens with zero attached hydrogens (tertiary/aromatic N) is 1. The highest BCUT2D eigenvalue weighted by Gasteiger charge is 2.31. The fraction of sp³-hybridized carbons (Fsp3) is 0.136. The van der Waals surface area contributed by atoms with E-state index < -0.39 is 39.9 Å². The van der Waals surface area contributed by atoms with Crippen LogP contribution in [0.1, 0.15) is 12.0 Å². The molecule has 180 valence electrons. The zero-order valence-electron chi connectivity index (χ0n) is 17.4. The summed E-state index contributed by atoms with van der Waals surface area (Å²) in [7, 11) is 0. The minimum Gasteiger partial charge on any atom is -0.478 e. The molecule has 0 heterocycles. The minimum atomic E-state index is -4.73. The number of rotatable bonds is 6. The largest absolute Gasteiger partial charge is 0.478 e. The lowest BCUT2D eigenvalue weighted by Gasteiger charge is -2.12. The summed E-state index contributed by atoms with van der Waals surface area (Å²) in [6, 6.07) is 4.90. The highest BCUT2D eigenvalue weighted by Crippen LogP contribution is 2.36. The Hall–Kier alpha value is -3.80. The van der Waals surface area contributed by atoms with Crippen molar-refractivity contribution in [3.8, 4) is 17.2 Å². The first-order valence-corrected chi connectivity index (χ1v) is 10.2. The lowest BCUT2D eigenvalue weighted by molar-refractivity contribution is -0.385. The van der Waals surface area contributed by atoms with Crippen molar-refractivity contribution in [3.63, 3.8) is 0 Å². The molecule has 1 aliphatic rings. The van der Waals surface area contributed by atoms with Gasteiger partial charge in [-0.1, -0.05) is 18.2 Å². The van der Waals surface area contributed by atoms with Crippen LogP contribution in [-0.2, 0) is 11.0 Å². The summed E-state index contributed by atoms with van der Waals surface area (Å²) in [5.41, 5.74) is -1.15. The van der Waals surface area contributed by atoms with E-state index in [0.717, 1.165) is 30.5 Å². The van der Waals surface area contributed by atoms with Crippen LogP contribution in [0.4, 0.5) is 23.2 Å². The Balaban J connectivity index is 0.00000199. The second-order valence-corrected chi connectivity index (χ2v) is 6.48. The Morgan fingerprint density at radius 1 is 1.18 bits per heavy atom. The van der Waals surface area contributed by atoms with E-state index in [1.165, 1.54) is 12.2 Å². The van der Waals surface area contributed by atoms with Gasteiger partial charge in [0.05, 0.1) is 16.7 Å². The molecule has 3 rings (SSSR count). The first-order valence-electron chi connectivity index (χ1n) is 9.28. The molecule has 1 aliphatic carbocycles. The third-order valence-electron chi connectivity index (χ3n) is 4.23. The molecular weight excluding hydrogens is 482 g/mol. The molecule has 1 N–H and O–H groups in total. The van der Waals surface area contributed by atoms with E-state index in [9.17, 15) is 32.5 Å². The monoisotopic (exact) mass is 499 g/mol. The second-order valence-electron chi connectivity index (χ2n) is 6.48. The number of allylic oxidation sites excluding steroid dienone is 4. The van der Waals surface area contributed by atoms with Crippen LogP contribution < -0.4 is 9.47 Å². The Bertz CT molecular complexity index is 1170. The maximum absolute atomic E-state index is 14.0. The molecule has 0 aliphatic heterocycles. The number of ether oxygens (including phenoxy) is 2. The van der Waals surface area contributed by atoms with E-state index in [2.05, 4.69) is 12.6 Å². The first kappa shape index (κ1) is 26.5. The third kappa shape index (κ3) is 6.85. The normalized spacial score (nSPS) is 14.1. The Morgan fingerprint density at radius 2 is 1.88 bits per heavy atom. The van der Waals surface area contributed by atoms with Gasteiger partial charge in [-0.15, -0.1) is 0 Å². The number of alkyl halides is 3. The van der Waals surface area contributed by atoms with Crippen molar-refractivity contribution >= 4 is 24.3 Å². The van der Waals surface area contributed by atoms with E-state index in [1.807, 2.05) is 0 Å². The van der Waals surface area contributed by atoms with E-state index in [0.29, 0.717) is 11.6 Å². The van der Waals surface area contributed by atoms with Crippen LogP contribution >= 0.6 is 12.6 Å². The van der Waals surface area contributed by atoms with Gasteiger partial charge in [0, 0.05) is 24.1 Å². The molecule has 12 heteroatoms. The van der Waals surface area contributed by atoms with Gasteiger partial charge < -0.3 is 14.6 Å². The summed E-state index contributed by atoms with van der Waals surface area (Å²) in [6.45, 7) is 0. The van der Waals surface area contributed by atoms with Gasteiger partial charge in [0.2, 0.25) is 5.75 Å². The van der Waals surface area contributed by atoms with Gasteiger partial charge in [-0.05, 0) is 36.1 Å². The SMILES string of the molecule is CS.O=C(O)C1=CC=CC(=COc2cc(Oc3ccc(C(F)(F)F)cc3F)ccc2[N+](=O)[O-])C1. The predicted molar refractivity (Wildman–Crippen MR) is 118 cm³/mol. The van der Waals surface area contributed by atoms with Gasteiger partial charge in [0.25, 0.3) is 0 Å². The number of thiol groups is 1. The average molecular weight is 499 g/mol. The summed E-state index contributed by atoms with van der Waals surface area (Å²) in [6.07, 6.45) is 2.53. The quantitative estimate of drug-likeness (QED) is 0.159. The molecule has 2 aromatic carbocycles. The maximum atomic E-state index is 14.0. The number of carboxylic acid groups (broad SMARTS) is 1. The van der Waals surface area contributed by atoms with Gasteiger partial charge in [-0.25, -0.2) is 9.18 Å². The fourth-order valence-corrected chi connectivity index (χ4v) is 2.68. The molecule has 0 saturated carbocycles. The molecule has 0 unspecified atom stereocenters. The van der Waals surface area contributed by atoms with Crippen molar-refractivity contribution in [1.29, 1.82) is 0 Å². The number of aliphatic carboxylic acids is 1. The molecule has 0 amide bonds. The smallest absolute Gasteiger partial charge is 0.416 e. The Kier molecular flexibility index (Phi) is 8.84. The van der Waals surface area contributed by atoms with Crippen LogP contribution in [0.5, 0.6) is 17.2 Å². The molecule has 0 saturated heterocycles. The minimum absolute atomic E-state index is 0.0204. The number of carboxylic acids is 1. The Labute approximate surface area is 196 Å². The molecule has 0 radical (unpaired) electrons. The molecule has 2 aromatic rings. The van der Waals surface area contributed by atoms with Crippen LogP contribution in [0.2, 0.25) is 0 Å². The summed E-state index contributed by atoms with van der Waals surface area (Å²) in [5, 5.41) is 20.3. The van der Waals surface area contributed by atoms with E-state index in [1.54, 1.807) is 12.3 Å². The van der Waals surface area contributed by atoms with Gasteiger partial charge in [-0.2, -0.15) is 25.8 Å². The number of halogens is 4. The fourth-order valence-electron chi connectivity index (χ4n) is 2.68. The first-order chi connectivity index (χ1) is 16.0. The van der Waals surface area contributed by atoms with Crippen molar-refractivity contribution in [1.82, 2.24) is 0 Å². The van der Waals surface area contributed by atoms with Gasteiger partial charge in [0.1, 0.15) is 5.75 Å². The van der Waals surface area contributed by atoms with Crippen molar-refractivity contribution in [2.75, 3.05) is 6.26 Å². The maximum Gasteiger partial charge on any atom is 0.416 e. The number of hydrogen-bond acceptors (Lipinski definition) is 6. The number of nitro benzene ring substituents is 1. The van der Waals surface area contributed by atoms with E-state index in [4.69, 9.17) is 14.6 Å². The number of nitro groups is 1. The number of hydrogen-bond donors (Lipinski definition) is 2. The van der Waals surface area contributed by atoms with Crippen molar-refractivity contribution in [3.05, 3.63) is 93.5 Å². The highest BCUT2D eigenvalue weighted by atomic mass is 32.1. The summed E-state index contributed by atoms with van der Waals surface area (Å²) in [4.78, 5) is 21.6. The van der Waals surface area contributed by atoms with E-state index >= 15 is 0 Å². The van der Waals surface area contributed by atoms with Gasteiger partial charge >= 0.3 is 17.8 Å². The van der Waals surface area contributed by atoms with Crippen LogP contribution in [-0.4, -0.2) is 22.3 Å². The molecule has 7 nitrogen and oxygen atoms in total. The molecule has 0 aromatic heterocycles. The second kappa shape index (κ2) is 11.4. The van der Waals surface area contributed by atoms with Gasteiger partial charge in [0.15, 0.2) is 11.6 Å². The molecule has 0 atom stereocenters. The molecular formula is C22H17F4NO6S. The topological polar surface area (TPSA) is 98.9 Å². The Morgan fingerprint density at radius 3 is 2.47 bits per heavy atom. The zero-order valence-corrected chi connectivity index (χ0v) is 18.3. The standard InChI is InChI=1S/C21H13F4NO6.CH4S/c22-16-9-14(21(23,24)25)4-7-18(16)32-15-5-6-17(26(29)30)19(10-15)31-11-12-2-1-3-13(8-12)20(27)28;1-2/h1-7,9-11H,8H2,(H,27,28);2H,1H3.